The molecule has 2 aliphatic rings. The minimum absolute atomic E-state index is 0.158. The lowest BCUT2D eigenvalue weighted by Crippen LogP contribution is -2.24. The first-order chi connectivity index (χ1) is 9.48. The van der Waals surface area contributed by atoms with Crippen molar-refractivity contribution in [1.82, 2.24) is 4.90 Å². The van der Waals surface area contributed by atoms with Crippen molar-refractivity contribution in [1.29, 1.82) is 0 Å². The summed E-state index contributed by atoms with van der Waals surface area (Å²) >= 11 is 0. The van der Waals surface area contributed by atoms with E-state index in [2.05, 4.69) is 43.4 Å². The van der Waals surface area contributed by atoms with Crippen LogP contribution < -0.4 is 10.2 Å². The van der Waals surface area contributed by atoms with Crippen molar-refractivity contribution in [2.75, 3.05) is 25.6 Å². The number of anilines is 1. The highest BCUT2D eigenvalue weighted by Gasteiger charge is 2.31. The molecular formula is C16H22N2O2. The van der Waals surface area contributed by atoms with E-state index in [4.69, 9.17) is 4.74 Å². The highest BCUT2D eigenvalue weighted by atomic mass is 16.5. The number of hydrogen-bond acceptors (Lipinski definition) is 4. The molecule has 0 radical (unpaired) electrons. The van der Waals surface area contributed by atoms with Crippen LogP contribution in [0.25, 0.3) is 5.57 Å². The number of nitrogens with one attached hydrogen (secondary N) is 1. The molecule has 0 amide bonds. The van der Waals surface area contributed by atoms with Gasteiger partial charge in [-0.2, -0.15) is 0 Å². The molecule has 4 heteroatoms. The quantitative estimate of drug-likeness (QED) is 0.814. The second kappa shape index (κ2) is 4.79. The Bertz CT molecular complexity index is 564. The van der Waals surface area contributed by atoms with Crippen LogP contribution in [0.1, 0.15) is 31.4 Å². The predicted octanol–water partition coefficient (Wildman–Crippen LogP) is 2.92. The first-order valence-corrected chi connectivity index (χ1v) is 7.12. The Labute approximate surface area is 120 Å². The molecule has 0 fully saturated rings. The Balaban J connectivity index is 2.00. The fourth-order valence-corrected chi connectivity index (χ4v) is 3.02. The summed E-state index contributed by atoms with van der Waals surface area (Å²) < 4.78 is 6.00. The molecule has 1 aromatic rings. The molecule has 0 aliphatic carbocycles. The molecular weight excluding hydrogens is 252 g/mol. The maximum atomic E-state index is 9.43. The first kappa shape index (κ1) is 13.5. The van der Waals surface area contributed by atoms with Gasteiger partial charge in [0.2, 0.25) is 0 Å². The molecule has 0 saturated heterocycles. The molecule has 0 saturated carbocycles. The molecule has 0 unspecified atom stereocenters. The molecule has 4 nitrogen and oxygen atoms in total. The molecule has 20 heavy (non-hydrogen) atoms. The summed E-state index contributed by atoms with van der Waals surface area (Å²) in [4.78, 5) is 2.28. The Morgan fingerprint density at radius 2 is 2.15 bits per heavy atom. The van der Waals surface area contributed by atoms with Crippen LogP contribution in [-0.4, -0.2) is 35.8 Å². The summed E-state index contributed by atoms with van der Waals surface area (Å²) in [6, 6.07) is 4.08. The number of hydrogen-bond donors (Lipinski definition) is 2. The molecule has 3 rings (SSSR count). The Morgan fingerprint density at radius 1 is 1.35 bits per heavy atom. The van der Waals surface area contributed by atoms with E-state index < -0.39 is 0 Å². The summed E-state index contributed by atoms with van der Waals surface area (Å²) in [6.45, 7) is 6.17. The van der Waals surface area contributed by atoms with E-state index in [-0.39, 0.29) is 5.60 Å². The lowest BCUT2D eigenvalue weighted by Gasteiger charge is -2.23. The zero-order chi connectivity index (χ0) is 14.3. The van der Waals surface area contributed by atoms with Crippen LogP contribution in [0.3, 0.4) is 0 Å². The van der Waals surface area contributed by atoms with Gasteiger partial charge in [0.15, 0.2) is 0 Å². The summed E-state index contributed by atoms with van der Waals surface area (Å²) in [5.41, 5.74) is 6.45. The summed E-state index contributed by atoms with van der Waals surface area (Å²) in [5.74, 6) is 0.948. The number of fused-ring (bicyclic) bond motifs is 1. The number of benzene rings is 1. The molecule has 108 valence electrons. The zero-order valence-corrected chi connectivity index (χ0v) is 12.4. The highest BCUT2D eigenvalue weighted by Crippen LogP contribution is 2.41. The van der Waals surface area contributed by atoms with Gasteiger partial charge in [-0.25, -0.2) is 0 Å². The van der Waals surface area contributed by atoms with Gasteiger partial charge in [-0.1, -0.05) is 6.08 Å². The fourth-order valence-electron chi connectivity index (χ4n) is 3.02. The van der Waals surface area contributed by atoms with Crippen molar-refractivity contribution in [2.45, 2.75) is 32.3 Å². The van der Waals surface area contributed by atoms with Gasteiger partial charge in [-0.05, 0) is 45.0 Å². The molecule has 2 N–H and O–H groups in total. The van der Waals surface area contributed by atoms with Crippen LogP contribution in [-0.2, 0) is 6.42 Å². The second-order valence-electron chi connectivity index (χ2n) is 6.40. The summed E-state index contributed by atoms with van der Waals surface area (Å²) in [5, 5.41) is 9.43. The van der Waals surface area contributed by atoms with E-state index in [0.717, 1.165) is 48.5 Å². The fraction of sp³-hybridized carbons (Fsp3) is 0.500. The van der Waals surface area contributed by atoms with E-state index in [1.165, 1.54) is 5.57 Å². The van der Waals surface area contributed by atoms with E-state index in [9.17, 15) is 5.21 Å². The molecule has 0 aromatic heterocycles. The van der Waals surface area contributed by atoms with Gasteiger partial charge in [-0.15, -0.1) is 0 Å². The Kier molecular flexibility index (Phi) is 3.22. The van der Waals surface area contributed by atoms with Gasteiger partial charge < -0.3 is 9.64 Å². The number of nitrogens with zero attached hydrogens (tertiary/aromatic N) is 1. The number of likely N-dealkylation sites (N-methyl/N-ethyl adjacent to an activating group) is 1. The van der Waals surface area contributed by atoms with Gasteiger partial charge in [0.25, 0.3) is 0 Å². The molecule has 2 heterocycles. The normalized spacial score (nSPS) is 21.1. The van der Waals surface area contributed by atoms with E-state index >= 15 is 0 Å². The molecule has 2 aliphatic heterocycles. The van der Waals surface area contributed by atoms with Crippen molar-refractivity contribution in [3.63, 3.8) is 0 Å². The number of rotatable bonds is 2. The van der Waals surface area contributed by atoms with Crippen LogP contribution >= 0.6 is 0 Å². The summed E-state index contributed by atoms with van der Waals surface area (Å²) in [6.07, 6.45) is 4.10. The van der Waals surface area contributed by atoms with Gasteiger partial charge in [0.05, 0.1) is 5.69 Å². The van der Waals surface area contributed by atoms with Crippen molar-refractivity contribution < 1.29 is 9.94 Å². The number of ether oxygens (including phenoxy) is 1. The molecule has 1 aromatic carbocycles. The SMILES string of the molecule is CN1CC=C(c2cc3c(cc2NO)CC(C)(C)O3)CC1. The van der Waals surface area contributed by atoms with Gasteiger partial charge in [-0.3, -0.25) is 10.7 Å². The lowest BCUT2D eigenvalue weighted by molar-refractivity contribution is 0.138. The molecule has 0 atom stereocenters. The Morgan fingerprint density at radius 3 is 2.80 bits per heavy atom. The minimum atomic E-state index is -0.158. The van der Waals surface area contributed by atoms with Gasteiger partial charge in [0.1, 0.15) is 11.4 Å². The average Bonchev–Trinajstić information content (AvgIpc) is 2.71. The average molecular weight is 274 g/mol. The van der Waals surface area contributed by atoms with Crippen LogP contribution in [0.15, 0.2) is 18.2 Å². The second-order valence-corrected chi connectivity index (χ2v) is 6.40. The minimum Gasteiger partial charge on any atom is -0.487 e. The molecule has 0 spiro atoms. The standard InChI is InChI=1S/C16H22N2O2/c1-16(2)10-12-8-14(17-19)13(9-15(12)20-16)11-4-6-18(3)7-5-11/h4,8-9,17,19H,5-7,10H2,1-3H3. The van der Waals surface area contributed by atoms with Crippen LogP contribution in [0.4, 0.5) is 5.69 Å². The van der Waals surface area contributed by atoms with Crippen molar-refractivity contribution >= 4 is 11.3 Å². The van der Waals surface area contributed by atoms with E-state index in [1.54, 1.807) is 0 Å². The predicted molar refractivity (Wildman–Crippen MR) is 80.4 cm³/mol. The zero-order valence-electron chi connectivity index (χ0n) is 12.4. The third-order valence-electron chi connectivity index (χ3n) is 4.08. The molecule has 0 bridgehead atoms. The van der Waals surface area contributed by atoms with E-state index in [0.29, 0.717) is 0 Å². The van der Waals surface area contributed by atoms with Gasteiger partial charge in [0, 0.05) is 30.6 Å². The smallest absolute Gasteiger partial charge is 0.124 e. The highest BCUT2D eigenvalue weighted by molar-refractivity contribution is 5.79. The van der Waals surface area contributed by atoms with Crippen LogP contribution in [0, 0.1) is 0 Å². The Hall–Kier alpha value is -1.52. The maximum absolute atomic E-state index is 9.43. The topological polar surface area (TPSA) is 44.7 Å². The largest absolute Gasteiger partial charge is 0.487 e. The van der Waals surface area contributed by atoms with Crippen LogP contribution in [0.2, 0.25) is 0 Å². The monoisotopic (exact) mass is 274 g/mol. The van der Waals surface area contributed by atoms with Crippen molar-refractivity contribution in [3.05, 3.63) is 29.3 Å². The third-order valence-corrected chi connectivity index (χ3v) is 4.08. The van der Waals surface area contributed by atoms with Crippen molar-refractivity contribution in [2.24, 2.45) is 0 Å². The van der Waals surface area contributed by atoms with Crippen molar-refractivity contribution in [3.8, 4) is 5.75 Å². The van der Waals surface area contributed by atoms with E-state index in [1.807, 2.05) is 6.07 Å². The first-order valence-electron chi connectivity index (χ1n) is 7.12. The summed E-state index contributed by atoms with van der Waals surface area (Å²) in [7, 11) is 2.12. The van der Waals surface area contributed by atoms with Crippen LogP contribution in [0.5, 0.6) is 5.75 Å². The lowest BCUT2D eigenvalue weighted by atomic mass is 9.94. The third kappa shape index (κ3) is 2.41. The van der Waals surface area contributed by atoms with Gasteiger partial charge >= 0.3 is 0 Å². The maximum Gasteiger partial charge on any atom is 0.124 e.